The second-order valence-electron chi connectivity index (χ2n) is 7.40. The molecule has 0 bridgehead atoms. The summed E-state index contributed by atoms with van der Waals surface area (Å²) in [6.45, 7) is 3.18. The van der Waals surface area contributed by atoms with Gasteiger partial charge in [0.2, 0.25) is 0 Å². The van der Waals surface area contributed by atoms with E-state index in [-0.39, 0.29) is 11.7 Å². The fourth-order valence-corrected chi connectivity index (χ4v) is 6.23. The van der Waals surface area contributed by atoms with Crippen LogP contribution < -0.4 is 9.80 Å². The summed E-state index contributed by atoms with van der Waals surface area (Å²) in [6, 6.07) is 21.6. The molecule has 1 saturated heterocycles. The minimum atomic E-state index is -0.352. The van der Waals surface area contributed by atoms with E-state index < -0.39 is 0 Å². The van der Waals surface area contributed by atoms with Crippen molar-refractivity contribution in [3.63, 3.8) is 0 Å². The number of hydrogen-bond donors (Lipinski definition) is 0. The number of hydrogen-bond acceptors (Lipinski definition) is 5. The quantitative estimate of drug-likeness (QED) is 0.368. The second-order valence-corrected chi connectivity index (χ2v) is 9.84. The van der Waals surface area contributed by atoms with Crippen LogP contribution in [0.25, 0.3) is 0 Å². The maximum Gasteiger partial charge on any atom is 0.274 e. The number of nitrogens with zero attached hydrogens (tertiary/aromatic N) is 3. The molecule has 3 aromatic rings. The van der Waals surface area contributed by atoms with Crippen molar-refractivity contribution in [3.05, 3.63) is 99.1 Å². The molecular formula is C25H19ClFN3OS2. The lowest BCUT2D eigenvalue weighted by molar-refractivity contribution is -0.113. The van der Waals surface area contributed by atoms with Gasteiger partial charge in [0.05, 0.1) is 17.9 Å². The molecule has 0 saturated carbocycles. The van der Waals surface area contributed by atoms with Crippen molar-refractivity contribution in [3.8, 4) is 0 Å². The first-order valence-electron chi connectivity index (χ1n) is 10.4. The first-order chi connectivity index (χ1) is 16.0. The van der Waals surface area contributed by atoms with Gasteiger partial charge in [-0.05, 0) is 66.7 Å². The summed E-state index contributed by atoms with van der Waals surface area (Å²) in [7, 11) is 0. The van der Waals surface area contributed by atoms with E-state index in [1.54, 1.807) is 28.8 Å². The van der Waals surface area contributed by atoms with Gasteiger partial charge in [-0.25, -0.2) is 4.39 Å². The molecule has 8 heteroatoms. The summed E-state index contributed by atoms with van der Waals surface area (Å²) in [5, 5.41) is 2.09. The number of rotatable bonds is 4. The topological polar surface area (TPSA) is 35.9 Å². The largest absolute Gasteiger partial charge is 0.334 e. The molecule has 0 atom stereocenters. The van der Waals surface area contributed by atoms with Crippen LogP contribution in [-0.2, 0) is 11.3 Å². The van der Waals surface area contributed by atoms with Gasteiger partial charge in [0.1, 0.15) is 15.8 Å². The molecule has 33 heavy (non-hydrogen) atoms. The highest BCUT2D eigenvalue weighted by atomic mass is 35.5. The van der Waals surface area contributed by atoms with E-state index in [9.17, 15) is 9.18 Å². The SMILES string of the molecule is CCN1C(=C2SC(=NCc3ccccc3)N(c3ccc(F)cc3)C2=O)Sc2ccc(Cl)cc21. The van der Waals surface area contributed by atoms with E-state index in [1.165, 1.54) is 23.9 Å². The Bertz CT molecular complexity index is 1280. The van der Waals surface area contributed by atoms with Crippen molar-refractivity contribution >= 4 is 57.6 Å². The lowest BCUT2D eigenvalue weighted by Gasteiger charge is -2.19. The van der Waals surface area contributed by atoms with Gasteiger partial charge in [-0.15, -0.1) is 0 Å². The molecule has 0 aliphatic carbocycles. The van der Waals surface area contributed by atoms with Crippen LogP contribution in [0.4, 0.5) is 15.8 Å². The van der Waals surface area contributed by atoms with Crippen molar-refractivity contribution in [2.75, 3.05) is 16.3 Å². The molecule has 5 rings (SSSR count). The van der Waals surface area contributed by atoms with Crippen LogP contribution in [0.2, 0.25) is 5.02 Å². The van der Waals surface area contributed by atoms with E-state index >= 15 is 0 Å². The van der Waals surface area contributed by atoms with Gasteiger partial charge in [-0.1, -0.05) is 53.7 Å². The zero-order chi connectivity index (χ0) is 22.9. The Morgan fingerprint density at radius 1 is 1.00 bits per heavy atom. The monoisotopic (exact) mass is 495 g/mol. The molecule has 166 valence electrons. The zero-order valence-corrected chi connectivity index (χ0v) is 20.1. The summed E-state index contributed by atoms with van der Waals surface area (Å²) in [4.78, 5) is 23.8. The second kappa shape index (κ2) is 9.25. The van der Waals surface area contributed by atoms with E-state index in [0.717, 1.165) is 21.2 Å². The molecule has 4 nitrogen and oxygen atoms in total. The smallest absolute Gasteiger partial charge is 0.274 e. The van der Waals surface area contributed by atoms with Crippen LogP contribution in [0.3, 0.4) is 0 Å². The number of carbonyl (C=O) groups is 1. The van der Waals surface area contributed by atoms with E-state index in [4.69, 9.17) is 16.6 Å². The van der Waals surface area contributed by atoms with Gasteiger partial charge in [0.25, 0.3) is 5.91 Å². The third kappa shape index (κ3) is 4.28. The highest BCUT2D eigenvalue weighted by Gasteiger charge is 2.40. The Kier molecular flexibility index (Phi) is 6.19. The first-order valence-corrected chi connectivity index (χ1v) is 12.4. The van der Waals surface area contributed by atoms with Crippen LogP contribution >= 0.6 is 35.1 Å². The molecular weight excluding hydrogens is 477 g/mol. The average molecular weight is 496 g/mol. The number of aliphatic imine (C=N–C) groups is 1. The number of anilines is 2. The fraction of sp³-hybridized carbons (Fsp3) is 0.120. The first kappa shape index (κ1) is 22.1. The summed E-state index contributed by atoms with van der Waals surface area (Å²) >= 11 is 9.15. The Labute approximate surface area is 205 Å². The van der Waals surface area contributed by atoms with E-state index in [2.05, 4.69) is 4.90 Å². The third-order valence-electron chi connectivity index (χ3n) is 5.28. The van der Waals surface area contributed by atoms with Crippen molar-refractivity contribution in [1.29, 1.82) is 0 Å². The Hall–Kier alpha value is -2.74. The summed E-state index contributed by atoms with van der Waals surface area (Å²) in [5.41, 5.74) is 2.63. The van der Waals surface area contributed by atoms with Gasteiger partial charge >= 0.3 is 0 Å². The highest BCUT2D eigenvalue weighted by molar-refractivity contribution is 8.20. The third-order valence-corrected chi connectivity index (χ3v) is 7.89. The number of amidine groups is 1. The molecule has 0 radical (unpaired) electrons. The van der Waals surface area contributed by atoms with Crippen molar-refractivity contribution in [1.82, 2.24) is 0 Å². The van der Waals surface area contributed by atoms with Crippen LogP contribution in [0, 0.1) is 5.82 Å². The normalized spacial score (nSPS) is 19.0. The molecule has 0 aromatic heterocycles. The molecule has 2 heterocycles. The highest BCUT2D eigenvalue weighted by Crippen LogP contribution is 2.51. The van der Waals surface area contributed by atoms with Crippen molar-refractivity contribution in [2.45, 2.75) is 18.4 Å². The summed E-state index contributed by atoms with van der Waals surface area (Å²) < 4.78 is 13.6. The molecule has 3 aromatic carbocycles. The molecule has 0 N–H and O–H groups in total. The number of amides is 1. The Morgan fingerprint density at radius 3 is 2.48 bits per heavy atom. The molecule has 0 spiro atoms. The van der Waals surface area contributed by atoms with Gasteiger partial charge in [-0.3, -0.25) is 14.7 Å². The lowest BCUT2D eigenvalue weighted by atomic mass is 10.2. The predicted molar refractivity (Wildman–Crippen MR) is 136 cm³/mol. The molecule has 1 amide bonds. The van der Waals surface area contributed by atoms with Crippen LogP contribution in [0.1, 0.15) is 12.5 Å². The van der Waals surface area contributed by atoms with Gasteiger partial charge < -0.3 is 4.90 Å². The van der Waals surface area contributed by atoms with Crippen molar-refractivity contribution < 1.29 is 9.18 Å². The van der Waals surface area contributed by atoms with E-state index in [1.807, 2.05) is 55.5 Å². The van der Waals surface area contributed by atoms with E-state index in [0.29, 0.717) is 33.9 Å². The number of thioether (sulfide) groups is 2. The Balaban J connectivity index is 1.57. The van der Waals surface area contributed by atoms with Crippen LogP contribution in [-0.4, -0.2) is 17.6 Å². The molecule has 2 aliphatic heterocycles. The number of carbonyl (C=O) groups excluding carboxylic acids is 1. The van der Waals surface area contributed by atoms with Crippen LogP contribution in [0.5, 0.6) is 0 Å². The minimum absolute atomic E-state index is 0.168. The molecule has 1 fully saturated rings. The van der Waals surface area contributed by atoms with Gasteiger partial charge in [-0.2, -0.15) is 0 Å². The Morgan fingerprint density at radius 2 is 1.76 bits per heavy atom. The fourth-order valence-electron chi connectivity index (χ4n) is 3.71. The van der Waals surface area contributed by atoms with Gasteiger partial charge in [0, 0.05) is 16.5 Å². The predicted octanol–water partition coefficient (Wildman–Crippen LogP) is 6.92. The molecule has 2 aliphatic rings. The zero-order valence-electron chi connectivity index (χ0n) is 17.7. The number of halogens is 2. The minimum Gasteiger partial charge on any atom is -0.334 e. The standard InChI is InChI=1S/C25H19ClFN3OS2/c1-2-29-20-14-17(26)8-13-21(20)32-24(29)22-23(31)30(19-11-9-18(27)10-12-19)25(33-22)28-15-16-6-4-3-5-7-16/h3-14H,2,15H2,1H3. The molecule has 0 unspecified atom stereocenters. The summed E-state index contributed by atoms with van der Waals surface area (Å²) in [5.74, 6) is -0.520. The van der Waals surface area contributed by atoms with Crippen LogP contribution in [0.15, 0.2) is 92.6 Å². The summed E-state index contributed by atoms with van der Waals surface area (Å²) in [6.07, 6.45) is 0. The van der Waals surface area contributed by atoms with Gasteiger partial charge in [0.15, 0.2) is 5.17 Å². The maximum atomic E-state index is 13.7. The van der Waals surface area contributed by atoms with Crippen molar-refractivity contribution in [2.24, 2.45) is 4.99 Å². The number of fused-ring (bicyclic) bond motifs is 1. The number of benzene rings is 3. The maximum absolute atomic E-state index is 13.7. The average Bonchev–Trinajstić information content (AvgIpc) is 3.35. The lowest BCUT2D eigenvalue weighted by Crippen LogP contribution is -2.30.